The first kappa shape index (κ1) is 15.3. The molecule has 0 aliphatic heterocycles. The molecule has 2 N–H and O–H groups in total. The van der Waals surface area contributed by atoms with E-state index in [0.29, 0.717) is 6.61 Å². The SMILES string of the molecule is CCOc1ccc(C(N)c2cncc(OC(C)C)c2)cc1. The summed E-state index contributed by atoms with van der Waals surface area (Å²) in [5.74, 6) is 1.59. The molecule has 21 heavy (non-hydrogen) atoms. The van der Waals surface area contributed by atoms with Crippen LogP contribution in [0.2, 0.25) is 0 Å². The molecular weight excluding hydrogens is 264 g/mol. The van der Waals surface area contributed by atoms with Crippen LogP contribution < -0.4 is 15.2 Å². The molecule has 1 aromatic carbocycles. The molecule has 0 bridgehead atoms. The summed E-state index contributed by atoms with van der Waals surface area (Å²) in [6.07, 6.45) is 3.59. The summed E-state index contributed by atoms with van der Waals surface area (Å²) in [5, 5.41) is 0. The minimum atomic E-state index is -0.233. The number of nitrogens with zero attached hydrogens (tertiary/aromatic N) is 1. The van der Waals surface area contributed by atoms with E-state index >= 15 is 0 Å². The highest BCUT2D eigenvalue weighted by Crippen LogP contribution is 2.24. The fourth-order valence-corrected chi connectivity index (χ4v) is 2.07. The van der Waals surface area contributed by atoms with Gasteiger partial charge in [0.25, 0.3) is 0 Å². The van der Waals surface area contributed by atoms with Crippen LogP contribution in [0.4, 0.5) is 0 Å². The number of hydrogen-bond donors (Lipinski definition) is 1. The van der Waals surface area contributed by atoms with Crippen LogP contribution in [0.3, 0.4) is 0 Å². The Bertz CT molecular complexity index is 567. The van der Waals surface area contributed by atoms with Gasteiger partial charge >= 0.3 is 0 Å². The van der Waals surface area contributed by atoms with Crippen molar-refractivity contribution >= 4 is 0 Å². The molecule has 4 nitrogen and oxygen atoms in total. The van der Waals surface area contributed by atoms with Crippen molar-refractivity contribution < 1.29 is 9.47 Å². The maximum atomic E-state index is 6.30. The van der Waals surface area contributed by atoms with E-state index in [1.807, 2.05) is 51.1 Å². The van der Waals surface area contributed by atoms with Gasteiger partial charge in [-0.05, 0) is 50.1 Å². The molecule has 4 heteroatoms. The van der Waals surface area contributed by atoms with Crippen molar-refractivity contribution in [1.29, 1.82) is 0 Å². The van der Waals surface area contributed by atoms with Gasteiger partial charge in [0.2, 0.25) is 0 Å². The van der Waals surface area contributed by atoms with E-state index in [9.17, 15) is 0 Å². The van der Waals surface area contributed by atoms with Crippen LogP contribution in [0, 0.1) is 0 Å². The molecular formula is C17H22N2O2. The van der Waals surface area contributed by atoms with Crippen molar-refractivity contribution in [3.63, 3.8) is 0 Å². The third-order valence-corrected chi connectivity index (χ3v) is 3.02. The lowest BCUT2D eigenvalue weighted by atomic mass is 10.0. The molecule has 1 unspecified atom stereocenters. The molecule has 0 saturated heterocycles. The normalized spacial score (nSPS) is 12.2. The summed E-state index contributed by atoms with van der Waals surface area (Å²) in [4.78, 5) is 4.20. The van der Waals surface area contributed by atoms with Crippen LogP contribution >= 0.6 is 0 Å². The minimum Gasteiger partial charge on any atom is -0.494 e. The number of benzene rings is 1. The Kier molecular flexibility index (Phi) is 5.17. The molecule has 0 amide bonds. The third-order valence-electron chi connectivity index (χ3n) is 3.02. The first-order chi connectivity index (χ1) is 10.1. The van der Waals surface area contributed by atoms with Gasteiger partial charge < -0.3 is 15.2 Å². The van der Waals surface area contributed by atoms with Crippen LogP contribution in [0.1, 0.15) is 37.9 Å². The molecule has 0 spiro atoms. The van der Waals surface area contributed by atoms with Crippen LogP contribution in [-0.2, 0) is 0 Å². The van der Waals surface area contributed by atoms with Gasteiger partial charge in [-0.25, -0.2) is 0 Å². The molecule has 112 valence electrons. The van der Waals surface area contributed by atoms with Crippen molar-refractivity contribution in [1.82, 2.24) is 4.98 Å². The zero-order valence-corrected chi connectivity index (χ0v) is 12.7. The van der Waals surface area contributed by atoms with Gasteiger partial charge in [0, 0.05) is 6.20 Å². The molecule has 1 aromatic heterocycles. The largest absolute Gasteiger partial charge is 0.494 e. The average Bonchev–Trinajstić information content (AvgIpc) is 2.47. The summed E-state index contributed by atoms with van der Waals surface area (Å²) in [5.41, 5.74) is 8.25. The van der Waals surface area contributed by atoms with E-state index < -0.39 is 0 Å². The Balaban J connectivity index is 2.16. The number of hydrogen-bond acceptors (Lipinski definition) is 4. The summed E-state index contributed by atoms with van der Waals surface area (Å²) in [6, 6.07) is 9.52. The summed E-state index contributed by atoms with van der Waals surface area (Å²) < 4.78 is 11.1. The first-order valence-electron chi connectivity index (χ1n) is 7.20. The van der Waals surface area contributed by atoms with E-state index in [4.69, 9.17) is 15.2 Å². The van der Waals surface area contributed by atoms with Crippen molar-refractivity contribution in [2.75, 3.05) is 6.61 Å². The Morgan fingerprint density at radius 1 is 1.05 bits per heavy atom. The van der Waals surface area contributed by atoms with Crippen molar-refractivity contribution in [2.24, 2.45) is 5.73 Å². The Hall–Kier alpha value is -2.07. The molecule has 0 aliphatic rings. The van der Waals surface area contributed by atoms with Crippen molar-refractivity contribution in [3.05, 3.63) is 53.9 Å². The molecule has 0 aliphatic carbocycles. The van der Waals surface area contributed by atoms with Crippen LogP contribution in [0.5, 0.6) is 11.5 Å². The Labute approximate surface area is 125 Å². The predicted octanol–water partition coefficient (Wildman–Crippen LogP) is 3.32. The quantitative estimate of drug-likeness (QED) is 0.885. The van der Waals surface area contributed by atoms with Crippen LogP contribution in [0.25, 0.3) is 0 Å². The summed E-state index contributed by atoms with van der Waals surface area (Å²) >= 11 is 0. The zero-order valence-electron chi connectivity index (χ0n) is 12.7. The summed E-state index contributed by atoms with van der Waals surface area (Å²) in [6.45, 7) is 6.59. The van der Waals surface area contributed by atoms with E-state index in [0.717, 1.165) is 22.6 Å². The van der Waals surface area contributed by atoms with Gasteiger partial charge in [-0.3, -0.25) is 4.98 Å². The van der Waals surface area contributed by atoms with Crippen molar-refractivity contribution in [2.45, 2.75) is 32.9 Å². The molecule has 0 radical (unpaired) electrons. The lowest BCUT2D eigenvalue weighted by Gasteiger charge is -2.15. The Morgan fingerprint density at radius 3 is 2.38 bits per heavy atom. The molecule has 2 aromatic rings. The maximum absolute atomic E-state index is 6.30. The standard InChI is InChI=1S/C17H22N2O2/c1-4-20-15-7-5-13(6-8-15)17(18)14-9-16(11-19-10-14)21-12(2)3/h5-12,17H,4,18H2,1-3H3. The van der Waals surface area contributed by atoms with Gasteiger partial charge in [0.1, 0.15) is 11.5 Å². The number of ether oxygens (including phenoxy) is 2. The van der Waals surface area contributed by atoms with Gasteiger partial charge in [0.15, 0.2) is 0 Å². The molecule has 0 fully saturated rings. The van der Waals surface area contributed by atoms with Crippen LogP contribution in [0.15, 0.2) is 42.7 Å². The number of nitrogens with two attached hydrogens (primary N) is 1. The van der Waals surface area contributed by atoms with Gasteiger partial charge in [-0.2, -0.15) is 0 Å². The predicted molar refractivity (Wildman–Crippen MR) is 83.6 cm³/mol. The minimum absolute atomic E-state index is 0.115. The van der Waals surface area contributed by atoms with E-state index in [2.05, 4.69) is 4.98 Å². The van der Waals surface area contributed by atoms with E-state index in [1.165, 1.54) is 0 Å². The smallest absolute Gasteiger partial charge is 0.138 e. The summed E-state index contributed by atoms with van der Waals surface area (Å²) in [7, 11) is 0. The van der Waals surface area contributed by atoms with Gasteiger partial charge in [0.05, 0.1) is 24.9 Å². The Morgan fingerprint density at radius 2 is 1.76 bits per heavy atom. The zero-order chi connectivity index (χ0) is 15.2. The number of pyridine rings is 1. The maximum Gasteiger partial charge on any atom is 0.138 e. The third kappa shape index (κ3) is 4.20. The number of aromatic nitrogens is 1. The fourth-order valence-electron chi connectivity index (χ4n) is 2.07. The highest BCUT2D eigenvalue weighted by Gasteiger charge is 2.11. The highest BCUT2D eigenvalue weighted by molar-refractivity contribution is 5.36. The molecule has 2 rings (SSSR count). The topological polar surface area (TPSA) is 57.4 Å². The first-order valence-corrected chi connectivity index (χ1v) is 7.20. The lowest BCUT2D eigenvalue weighted by Crippen LogP contribution is -2.13. The second kappa shape index (κ2) is 7.09. The second-order valence-corrected chi connectivity index (χ2v) is 5.10. The highest BCUT2D eigenvalue weighted by atomic mass is 16.5. The molecule has 1 atom stereocenters. The van der Waals surface area contributed by atoms with E-state index in [-0.39, 0.29) is 12.1 Å². The van der Waals surface area contributed by atoms with Crippen molar-refractivity contribution in [3.8, 4) is 11.5 Å². The fraction of sp³-hybridized carbons (Fsp3) is 0.353. The molecule has 1 heterocycles. The lowest BCUT2D eigenvalue weighted by molar-refractivity contribution is 0.241. The van der Waals surface area contributed by atoms with E-state index in [1.54, 1.807) is 12.4 Å². The molecule has 0 saturated carbocycles. The average molecular weight is 286 g/mol. The van der Waals surface area contributed by atoms with Gasteiger partial charge in [-0.15, -0.1) is 0 Å². The van der Waals surface area contributed by atoms with Gasteiger partial charge in [-0.1, -0.05) is 12.1 Å². The second-order valence-electron chi connectivity index (χ2n) is 5.10. The monoisotopic (exact) mass is 286 g/mol. The van der Waals surface area contributed by atoms with Crippen LogP contribution in [-0.4, -0.2) is 17.7 Å². The number of rotatable bonds is 6.